The summed E-state index contributed by atoms with van der Waals surface area (Å²) in [6.07, 6.45) is 1.32. The quantitative estimate of drug-likeness (QED) is 0.332. The molecule has 0 saturated heterocycles. The Bertz CT molecular complexity index is 446. The number of hydrazine groups is 1. The van der Waals surface area contributed by atoms with Crippen molar-refractivity contribution in [2.45, 2.75) is 6.92 Å². The normalized spacial score (nSPS) is 10.4. The molecular weight excluding hydrogens is 250 g/mol. The standard InChI is InChI=1S/C12H15N3O2S/c1-9(8-11(16)17-2)14-15-12(18)13-10-6-4-3-5-7-10/h3-8,14H,1-2H3,(H2,13,15,18)/b9-8-. The number of methoxy groups -OCH3 is 1. The van der Waals surface area contributed by atoms with E-state index < -0.39 is 5.97 Å². The minimum atomic E-state index is -0.427. The lowest BCUT2D eigenvalue weighted by Crippen LogP contribution is -2.39. The average Bonchev–Trinajstić information content (AvgIpc) is 2.37. The summed E-state index contributed by atoms with van der Waals surface area (Å²) in [4.78, 5) is 10.9. The molecule has 0 aliphatic carbocycles. The first-order chi connectivity index (χ1) is 8.61. The summed E-state index contributed by atoms with van der Waals surface area (Å²) in [6.45, 7) is 1.72. The maximum absolute atomic E-state index is 10.9. The smallest absolute Gasteiger partial charge is 0.332 e. The number of allylic oxidation sites excluding steroid dienone is 1. The Kier molecular flexibility index (Phi) is 5.66. The molecule has 0 heterocycles. The Balaban J connectivity index is 2.38. The fraction of sp³-hybridized carbons (Fsp3) is 0.167. The van der Waals surface area contributed by atoms with Crippen LogP contribution in [0.5, 0.6) is 0 Å². The van der Waals surface area contributed by atoms with Crippen LogP contribution in [0, 0.1) is 0 Å². The zero-order valence-electron chi connectivity index (χ0n) is 10.2. The number of carbonyl (C=O) groups excluding carboxylic acids is 1. The number of benzene rings is 1. The van der Waals surface area contributed by atoms with Crippen molar-refractivity contribution in [3.63, 3.8) is 0 Å². The van der Waals surface area contributed by atoms with E-state index in [9.17, 15) is 4.79 Å². The molecule has 1 rings (SSSR count). The number of hydrogen-bond acceptors (Lipinski definition) is 4. The molecule has 96 valence electrons. The van der Waals surface area contributed by atoms with Gasteiger partial charge in [0.05, 0.1) is 7.11 Å². The monoisotopic (exact) mass is 265 g/mol. The topological polar surface area (TPSA) is 62.4 Å². The zero-order valence-corrected chi connectivity index (χ0v) is 11.0. The van der Waals surface area contributed by atoms with Crippen LogP contribution >= 0.6 is 12.2 Å². The second-order valence-electron chi connectivity index (χ2n) is 3.42. The van der Waals surface area contributed by atoms with E-state index in [1.165, 1.54) is 13.2 Å². The molecule has 18 heavy (non-hydrogen) atoms. The third-order valence-electron chi connectivity index (χ3n) is 1.94. The van der Waals surface area contributed by atoms with E-state index in [4.69, 9.17) is 12.2 Å². The number of anilines is 1. The number of para-hydroxylation sites is 1. The maximum Gasteiger partial charge on any atom is 0.332 e. The molecule has 0 spiro atoms. The molecule has 5 nitrogen and oxygen atoms in total. The Morgan fingerprint density at radius 2 is 1.94 bits per heavy atom. The Labute approximate surface area is 111 Å². The van der Waals surface area contributed by atoms with E-state index in [0.29, 0.717) is 10.8 Å². The molecule has 1 aromatic carbocycles. The van der Waals surface area contributed by atoms with Crippen LogP contribution in [0.15, 0.2) is 42.1 Å². The van der Waals surface area contributed by atoms with Crippen LogP contribution in [0.1, 0.15) is 6.92 Å². The first-order valence-electron chi connectivity index (χ1n) is 5.26. The van der Waals surface area contributed by atoms with Crippen LogP contribution in [-0.2, 0) is 9.53 Å². The third kappa shape index (κ3) is 5.31. The van der Waals surface area contributed by atoms with Crippen molar-refractivity contribution < 1.29 is 9.53 Å². The Morgan fingerprint density at radius 1 is 1.28 bits per heavy atom. The molecule has 0 aliphatic rings. The number of carbonyl (C=O) groups is 1. The van der Waals surface area contributed by atoms with Gasteiger partial charge >= 0.3 is 5.97 Å². The number of hydrogen-bond donors (Lipinski definition) is 3. The summed E-state index contributed by atoms with van der Waals surface area (Å²) in [5.74, 6) is -0.427. The van der Waals surface area contributed by atoms with Gasteiger partial charge in [0, 0.05) is 17.5 Å². The van der Waals surface area contributed by atoms with E-state index in [-0.39, 0.29) is 0 Å². The van der Waals surface area contributed by atoms with Crippen LogP contribution in [-0.4, -0.2) is 18.2 Å². The first kappa shape index (κ1) is 14.0. The van der Waals surface area contributed by atoms with Gasteiger partial charge in [0.1, 0.15) is 0 Å². The van der Waals surface area contributed by atoms with Crippen molar-refractivity contribution in [1.29, 1.82) is 0 Å². The van der Waals surface area contributed by atoms with Crippen molar-refractivity contribution in [3.8, 4) is 0 Å². The maximum atomic E-state index is 10.9. The number of nitrogens with one attached hydrogen (secondary N) is 3. The van der Waals surface area contributed by atoms with Crippen LogP contribution in [0.4, 0.5) is 5.69 Å². The van der Waals surface area contributed by atoms with Crippen LogP contribution in [0.3, 0.4) is 0 Å². The molecule has 3 N–H and O–H groups in total. The molecule has 0 atom stereocenters. The summed E-state index contributed by atoms with van der Waals surface area (Å²) in [7, 11) is 1.32. The Hall–Kier alpha value is -2.08. The van der Waals surface area contributed by atoms with Crippen LogP contribution in [0.2, 0.25) is 0 Å². The molecule has 0 saturated carbocycles. The largest absolute Gasteiger partial charge is 0.466 e. The van der Waals surface area contributed by atoms with Crippen molar-refractivity contribution >= 4 is 29.0 Å². The molecule has 0 unspecified atom stereocenters. The summed E-state index contributed by atoms with van der Waals surface area (Å²) in [5, 5.41) is 3.38. The SMILES string of the molecule is COC(=O)/C=C(/C)NNC(=S)Nc1ccccc1. The number of rotatable bonds is 4. The van der Waals surface area contributed by atoms with E-state index >= 15 is 0 Å². The summed E-state index contributed by atoms with van der Waals surface area (Å²) >= 11 is 5.07. The van der Waals surface area contributed by atoms with Gasteiger partial charge in [0.25, 0.3) is 0 Å². The highest BCUT2D eigenvalue weighted by atomic mass is 32.1. The minimum Gasteiger partial charge on any atom is -0.466 e. The van der Waals surface area contributed by atoms with Gasteiger partial charge in [-0.3, -0.25) is 5.43 Å². The van der Waals surface area contributed by atoms with E-state index in [2.05, 4.69) is 20.9 Å². The summed E-state index contributed by atoms with van der Waals surface area (Å²) < 4.78 is 4.49. The lowest BCUT2D eigenvalue weighted by molar-refractivity contribution is -0.134. The van der Waals surface area contributed by atoms with Crippen molar-refractivity contribution in [2.75, 3.05) is 12.4 Å². The van der Waals surface area contributed by atoms with Crippen LogP contribution < -0.4 is 16.2 Å². The molecule has 0 amide bonds. The van der Waals surface area contributed by atoms with E-state index in [0.717, 1.165) is 5.69 Å². The van der Waals surface area contributed by atoms with Gasteiger partial charge in [-0.2, -0.15) is 0 Å². The predicted molar refractivity (Wildman–Crippen MR) is 74.7 cm³/mol. The predicted octanol–water partition coefficient (Wildman–Crippen LogP) is 1.55. The number of thiocarbonyl (C=S) groups is 1. The second-order valence-corrected chi connectivity index (χ2v) is 3.83. The molecular formula is C12H15N3O2S. The highest BCUT2D eigenvalue weighted by Gasteiger charge is 1.98. The van der Waals surface area contributed by atoms with Crippen LogP contribution in [0.25, 0.3) is 0 Å². The lowest BCUT2D eigenvalue weighted by Gasteiger charge is -2.12. The van der Waals surface area contributed by atoms with E-state index in [1.807, 2.05) is 30.3 Å². The summed E-state index contributed by atoms with van der Waals surface area (Å²) in [5.41, 5.74) is 7.01. The molecule has 0 radical (unpaired) electrons. The molecule has 1 aromatic rings. The Morgan fingerprint density at radius 3 is 2.56 bits per heavy atom. The fourth-order valence-corrected chi connectivity index (χ4v) is 1.28. The first-order valence-corrected chi connectivity index (χ1v) is 5.67. The molecule has 6 heteroatoms. The van der Waals surface area contributed by atoms with Gasteiger partial charge in [-0.05, 0) is 31.3 Å². The van der Waals surface area contributed by atoms with Crippen molar-refractivity contribution in [1.82, 2.24) is 10.9 Å². The lowest BCUT2D eigenvalue weighted by atomic mass is 10.3. The molecule has 0 aliphatic heterocycles. The third-order valence-corrected chi connectivity index (χ3v) is 2.14. The van der Waals surface area contributed by atoms with Gasteiger partial charge in [-0.25, -0.2) is 4.79 Å². The zero-order chi connectivity index (χ0) is 13.4. The molecule has 0 bridgehead atoms. The van der Waals surface area contributed by atoms with Gasteiger partial charge in [-0.15, -0.1) is 0 Å². The highest BCUT2D eigenvalue weighted by molar-refractivity contribution is 7.80. The van der Waals surface area contributed by atoms with Gasteiger partial charge in [0.2, 0.25) is 0 Å². The second kappa shape index (κ2) is 7.29. The summed E-state index contributed by atoms with van der Waals surface area (Å²) in [6, 6.07) is 9.51. The fourth-order valence-electron chi connectivity index (χ4n) is 1.11. The van der Waals surface area contributed by atoms with Crippen molar-refractivity contribution in [2.24, 2.45) is 0 Å². The highest BCUT2D eigenvalue weighted by Crippen LogP contribution is 2.03. The van der Waals surface area contributed by atoms with Gasteiger partial charge in [0.15, 0.2) is 5.11 Å². The van der Waals surface area contributed by atoms with E-state index in [1.54, 1.807) is 6.92 Å². The molecule has 0 fully saturated rings. The van der Waals surface area contributed by atoms with Gasteiger partial charge < -0.3 is 15.5 Å². The van der Waals surface area contributed by atoms with Gasteiger partial charge in [-0.1, -0.05) is 18.2 Å². The number of esters is 1. The van der Waals surface area contributed by atoms with Crippen molar-refractivity contribution in [3.05, 3.63) is 42.1 Å². The minimum absolute atomic E-state index is 0.402. The average molecular weight is 265 g/mol. The molecule has 0 aromatic heterocycles. The number of ether oxygens (including phenoxy) is 1.